The number of benzene rings is 2. The van der Waals surface area contributed by atoms with Crippen molar-refractivity contribution in [3.05, 3.63) is 89.8 Å². The number of aliphatic imine (C=N–C) groups is 1. The minimum absolute atomic E-state index is 0.285. The summed E-state index contributed by atoms with van der Waals surface area (Å²) >= 11 is 0. The van der Waals surface area contributed by atoms with E-state index in [1.807, 2.05) is 66.5 Å². The first-order valence-corrected chi connectivity index (χ1v) is 9.36. The van der Waals surface area contributed by atoms with Crippen LogP contribution in [0.3, 0.4) is 0 Å². The van der Waals surface area contributed by atoms with Gasteiger partial charge >= 0.3 is 5.97 Å². The van der Waals surface area contributed by atoms with Gasteiger partial charge in [-0.25, -0.2) is 9.79 Å². The molecule has 0 aliphatic carbocycles. The first kappa shape index (κ1) is 20.1. The Hall–Kier alpha value is -3.60. The van der Waals surface area contributed by atoms with Crippen LogP contribution >= 0.6 is 0 Å². The maximum absolute atomic E-state index is 12.4. The van der Waals surface area contributed by atoms with Crippen LogP contribution in [0.25, 0.3) is 11.3 Å². The second-order valence-electron chi connectivity index (χ2n) is 6.34. The van der Waals surface area contributed by atoms with E-state index in [-0.39, 0.29) is 6.61 Å². The second-order valence-corrected chi connectivity index (χ2v) is 6.34. The third-order valence-corrected chi connectivity index (χ3v) is 4.61. The Bertz CT molecular complexity index is 987. The van der Waals surface area contributed by atoms with Crippen molar-refractivity contribution in [2.24, 2.45) is 4.99 Å². The summed E-state index contributed by atoms with van der Waals surface area (Å²) in [7, 11) is 3.52. The summed E-state index contributed by atoms with van der Waals surface area (Å²) in [4.78, 5) is 18.9. The molecule has 0 saturated carbocycles. The van der Waals surface area contributed by atoms with E-state index in [9.17, 15) is 4.79 Å². The van der Waals surface area contributed by atoms with E-state index in [1.54, 1.807) is 20.2 Å². The van der Waals surface area contributed by atoms with Gasteiger partial charge in [0.15, 0.2) is 0 Å². The van der Waals surface area contributed by atoms with E-state index in [4.69, 9.17) is 9.47 Å². The molecule has 29 heavy (non-hydrogen) atoms. The number of carbonyl (C=O) groups is 1. The zero-order valence-corrected chi connectivity index (χ0v) is 16.9. The summed E-state index contributed by atoms with van der Waals surface area (Å²) in [6.45, 7) is 5.84. The Morgan fingerprint density at radius 3 is 2.38 bits per heavy atom. The van der Waals surface area contributed by atoms with Crippen molar-refractivity contribution in [1.82, 2.24) is 4.90 Å². The summed E-state index contributed by atoms with van der Waals surface area (Å²) < 4.78 is 10.5. The Morgan fingerprint density at radius 1 is 1.10 bits per heavy atom. The fourth-order valence-corrected chi connectivity index (χ4v) is 3.21. The van der Waals surface area contributed by atoms with Gasteiger partial charge in [-0.05, 0) is 42.3 Å². The van der Waals surface area contributed by atoms with E-state index >= 15 is 0 Å². The topological polar surface area (TPSA) is 51.1 Å². The molecule has 0 radical (unpaired) electrons. The highest BCUT2D eigenvalue weighted by molar-refractivity contribution is 6.20. The lowest BCUT2D eigenvalue weighted by Crippen LogP contribution is -2.24. The van der Waals surface area contributed by atoms with E-state index < -0.39 is 5.97 Å². The first-order valence-electron chi connectivity index (χ1n) is 9.36. The molecule has 0 bridgehead atoms. The molecule has 1 aliphatic heterocycles. The lowest BCUT2D eigenvalue weighted by molar-refractivity contribution is -0.138. The van der Waals surface area contributed by atoms with Crippen LogP contribution in [-0.4, -0.2) is 37.8 Å². The summed E-state index contributed by atoms with van der Waals surface area (Å²) in [6, 6.07) is 17.8. The van der Waals surface area contributed by atoms with Crippen LogP contribution in [0.5, 0.6) is 5.75 Å². The van der Waals surface area contributed by atoms with Gasteiger partial charge in [-0.15, -0.1) is 0 Å². The van der Waals surface area contributed by atoms with Crippen LogP contribution in [-0.2, 0) is 9.53 Å². The number of allylic oxidation sites excluding steroid dienone is 1. The summed E-state index contributed by atoms with van der Waals surface area (Å²) in [5, 5.41) is 0. The minimum atomic E-state index is -0.446. The van der Waals surface area contributed by atoms with Crippen LogP contribution in [0.2, 0.25) is 0 Å². The summed E-state index contributed by atoms with van der Waals surface area (Å²) in [5.74, 6) is 0.819. The third kappa shape index (κ3) is 4.14. The summed E-state index contributed by atoms with van der Waals surface area (Å²) in [6.07, 6.45) is 3.27. The van der Waals surface area contributed by atoms with Gasteiger partial charge in [-0.2, -0.15) is 0 Å². The van der Waals surface area contributed by atoms with Crippen molar-refractivity contribution in [3.63, 3.8) is 0 Å². The number of methoxy groups -OCH3 is 1. The van der Waals surface area contributed by atoms with E-state index in [1.165, 1.54) is 6.08 Å². The average molecular weight is 388 g/mol. The standard InChI is InChI=1S/C24H24N2O3/c1-5-20(24(27)29-6-2)23-25-16-21(17-10-8-7-9-11-17)22(26(23)3)18-12-14-19(28-4)15-13-18/h5,7-16H,1,6H2,2-4H3/b23-20+. The number of carbonyl (C=O) groups excluding carboxylic acids is 1. The number of hydrogen-bond acceptors (Lipinski definition) is 5. The fourth-order valence-electron chi connectivity index (χ4n) is 3.21. The van der Waals surface area contributed by atoms with Crippen molar-refractivity contribution in [2.45, 2.75) is 6.92 Å². The predicted octanol–water partition coefficient (Wildman–Crippen LogP) is 4.54. The van der Waals surface area contributed by atoms with Gasteiger partial charge in [0.1, 0.15) is 17.1 Å². The summed E-state index contributed by atoms with van der Waals surface area (Å²) in [5.41, 5.74) is 4.21. The Kier molecular flexibility index (Phi) is 6.29. The molecule has 5 heteroatoms. The molecule has 0 saturated heterocycles. The average Bonchev–Trinajstić information content (AvgIpc) is 2.76. The molecule has 0 N–H and O–H groups in total. The molecule has 2 aromatic carbocycles. The van der Waals surface area contributed by atoms with Crippen molar-refractivity contribution in [1.29, 1.82) is 0 Å². The lowest BCUT2D eigenvalue weighted by atomic mass is 9.97. The van der Waals surface area contributed by atoms with Crippen molar-refractivity contribution < 1.29 is 14.3 Å². The Morgan fingerprint density at radius 2 is 1.79 bits per heavy atom. The number of esters is 1. The molecule has 1 aliphatic rings. The van der Waals surface area contributed by atoms with Crippen LogP contribution < -0.4 is 4.74 Å². The van der Waals surface area contributed by atoms with Gasteiger partial charge in [0.05, 0.1) is 19.4 Å². The molecule has 0 fully saturated rings. The molecular formula is C24H24N2O3. The number of nitrogens with zero attached hydrogens (tertiary/aromatic N) is 2. The van der Waals surface area contributed by atoms with E-state index in [2.05, 4.69) is 11.6 Å². The Labute approximate surface area is 171 Å². The quantitative estimate of drug-likeness (QED) is 0.538. The molecule has 0 amide bonds. The van der Waals surface area contributed by atoms with Crippen molar-refractivity contribution in [2.75, 3.05) is 20.8 Å². The maximum Gasteiger partial charge on any atom is 0.341 e. The fraction of sp³-hybridized carbons (Fsp3) is 0.167. The molecule has 0 atom stereocenters. The first-order chi connectivity index (χ1) is 14.1. The van der Waals surface area contributed by atoms with Gasteiger partial charge in [-0.3, -0.25) is 0 Å². The smallest absolute Gasteiger partial charge is 0.341 e. The highest BCUT2D eigenvalue weighted by atomic mass is 16.5. The van der Waals surface area contributed by atoms with Gasteiger partial charge < -0.3 is 14.4 Å². The molecule has 0 spiro atoms. The highest BCUT2D eigenvalue weighted by Crippen LogP contribution is 2.35. The minimum Gasteiger partial charge on any atom is -0.497 e. The van der Waals surface area contributed by atoms with E-state index in [0.717, 1.165) is 28.1 Å². The molecule has 3 rings (SSSR count). The second kappa shape index (κ2) is 9.06. The highest BCUT2D eigenvalue weighted by Gasteiger charge is 2.25. The van der Waals surface area contributed by atoms with E-state index in [0.29, 0.717) is 11.4 Å². The molecule has 0 aromatic heterocycles. The van der Waals surface area contributed by atoms with Gasteiger partial charge in [0, 0.05) is 18.8 Å². The molecule has 148 valence electrons. The Balaban J connectivity index is 2.19. The van der Waals surface area contributed by atoms with Gasteiger partial charge in [0.2, 0.25) is 0 Å². The molecular weight excluding hydrogens is 364 g/mol. The van der Waals surface area contributed by atoms with Gasteiger partial charge in [0.25, 0.3) is 0 Å². The SMILES string of the molecule is C=C/C(C(=O)OCC)=C1/N=CC(c2ccccc2)=C(c2ccc(OC)cc2)N1C. The van der Waals surface area contributed by atoms with Crippen molar-refractivity contribution in [3.8, 4) is 5.75 Å². The maximum atomic E-state index is 12.4. The predicted molar refractivity (Wildman–Crippen MR) is 116 cm³/mol. The largest absolute Gasteiger partial charge is 0.497 e. The van der Waals surface area contributed by atoms with Crippen LogP contribution in [0, 0.1) is 0 Å². The van der Waals surface area contributed by atoms with Crippen LogP contribution in [0.1, 0.15) is 18.1 Å². The third-order valence-electron chi connectivity index (χ3n) is 4.61. The monoisotopic (exact) mass is 388 g/mol. The normalized spacial score (nSPS) is 15.2. The lowest BCUT2D eigenvalue weighted by Gasteiger charge is -2.30. The zero-order chi connectivity index (χ0) is 20.8. The van der Waals surface area contributed by atoms with Crippen LogP contribution in [0.4, 0.5) is 0 Å². The molecule has 0 unspecified atom stereocenters. The number of rotatable bonds is 6. The number of hydrogen-bond donors (Lipinski definition) is 0. The molecule has 5 nitrogen and oxygen atoms in total. The van der Waals surface area contributed by atoms with Crippen molar-refractivity contribution >= 4 is 23.5 Å². The van der Waals surface area contributed by atoms with Crippen LogP contribution in [0.15, 0.2) is 83.6 Å². The van der Waals surface area contributed by atoms with Gasteiger partial charge in [-0.1, -0.05) is 43.0 Å². The number of ether oxygens (including phenoxy) is 2. The zero-order valence-electron chi connectivity index (χ0n) is 16.9. The molecule has 2 aromatic rings. The molecule has 1 heterocycles.